The Morgan fingerprint density at radius 1 is 1.21 bits per heavy atom. The second-order valence-corrected chi connectivity index (χ2v) is 5.71. The van der Waals surface area contributed by atoms with Gasteiger partial charge >= 0.3 is 37.7 Å². The Balaban J connectivity index is -0.000000163. The van der Waals surface area contributed by atoms with Gasteiger partial charge in [0.2, 0.25) is 3.79 Å². The van der Waals surface area contributed by atoms with Crippen LogP contribution in [0.2, 0.25) is 0 Å². The number of aliphatic hydroxyl groups excluding tert-OH is 1. The average molecular weight is 333 g/mol. The molecule has 2 atom stereocenters. The molecule has 0 heterocycles. The van der Waals surface area contributed by atoms with E-state index >= 15 is 0 Å². The summed E-state index contributed by atoms with van der Waals surface area (Å²) in [6.45, 7) is -0.433. The van der Waals surface area contributed by atoms with Crippen molar-refractivity contribution < 1.29 is 28.3 Å². The Morgan fingerprint density at radius 2 is 1.43 bits per heavy atom. The summed E-state index contributed by atoms with van der Waals surface area (Å²) < 4.78 is 20.3. The SMILES string of the molecule is O=[PH]([O-])O[PH](=O)[O-].OCC(Cl)(Cl)Cl.[Ca+2]. The van der Waals surface area contributed by atoms with Crippen LogP contribution in [0.15, 0.2) is 0 Å². The molecule has 0 aromatic rings. The maximum Gasteiger partial charge on any atom is 2.00 e. The van der Waals surface area contributed by atoms with Crippen molar-refractivity contribution >= 4 is 89.1 Å². The van der Waals surface area contributed by atoms with E-state index in [1.165, 1.54) is 0 Å². The number of halogens is 3. The molecule has 82 valence electrons. The second-order valence-electron chi connectivity index (χ2n) is 1.38. The summed E-state index contributed by atoms with van der Waals surface area (Å²) in [6, 6.07) is 0. The molecule has 0 rings (SSSR count). The smallest absolute Gasteiger partial charge is 0.781 e. The van der Waals surface area contributed by atoms with E-state index in [4.69, 9.17) is 39.9 Å². The van der Waals surface area contributed by atoms with Crippen LogP contribution >= 0.6 is 51.3 Å². The van der Waals surface area contributed by atoms with Crippen LogP contribution in [0.25, 0.3) is 0 Å². The summed E-state index contributed by atoms with van der Waals surface area (Å²) in [7, 11) is -7.03. The van der Waals surface area contributed by atoms with Crippen LogP contribution in [0.5, 0.6) is 0 Å². The van der Waals surface area contributed by atoms with E-state index in [-0.39, 0.29) is 37.7 Å². The second kappa shape index (κ2) is 11.9. The van der Waals surface area contributed by atoms with Gasteiger partial charge in [0.15, 0.2) is 0 Å². The standard InChI is InChI=1S/C2H3Cl3O.Ca.H4O5P2/c3-2(4,5)1-6;;1-6(2)5-7(3)4/h6H,1H2;;6-7H,(H,1,2)(H,3,4)/q;+2;/p-2. The Bertz CT molecular complexity index is 172. The van der Waals surface area contributed by atoms with Crippen LogP contribution < -0.4 is 9.79 Å². The number of alkyl halides is 3. The van der Waals surface area contributed by atoms with E-state index in [0.29, 0.717) is 0 Å². The van der Waals surface area contributed by atoms with Gasteiger partial charge in [0.25, 0.3) is 0 Å². The van der Waals surface area contributed by atoms with Crippen molar-refractivity contribution in [2.45, 2.75) is 3.79 Å². The molecule has 0 aromatic carbocycles. The molecular formula is C2H5CaCl3O6P2. The van der Waals surface area contributed by atoms with Gasteiger partial charge in [-0.15, -0.1) is 0 Å². The fourth-order valence-corrected chi connectivity index (χ4v) is 0.612. The zero-order chi connectivity index (χ0) is 11.1. The first-order valence-electron chi connectivity index (χ1n) is 2.46. The maximum absolute atomic E-state index is 9.29. The molecule has 1 N–H and O–H groups in total. The molecular weight excluding hydrogens is 328 g/mol. The molecule has 0 aliphatic carbocycles. The Labute approximate surface area is 126 Å². The monoisotopic (exact) mass is 332 g/mol. The summed E-state index contributed by atoms with van der Waals surface area (Å²) >= 11 is 15.0. The zero-order valence-corrected chi connectivity index (χ0v) is 13.0. The van der Waals surface area contributed by atoms with Crippen LogP contribution in [0.3, 0.4) is 0 Å². The molecule has 0 amide bonds. The van der Waals surface area contributed by atoms with Gasteiger partial charge in [0.05, 0.1) is 6.61 Å². The molecule has 0 saturated carbocycles. The molecule has 6 nitrogen and oxygen atoms in total. The molecule has 0 aliphatic heterocycles. The largest absolute Gasteiger partial charge is 2.00 e. The predicted octanol–water partition coefficient (Wildman–Crippen LogP) is -0.529. The normalized spacial score (nSPS) is 14.4. The third kappa shape index (κ3) is 29.3. The molecule has 14 heavy (non-hydrogen) atoms. The maximum atomic E-state index is 9.29. The Kier molecular flexibility index (Phi) is 18.4. The third-order valence-electron chi connectivity index (χ3n) is 0.346. The van der Waals surface area contributed by atoms with Gasteiger partial charge in [-0.3, -0.25) is 4.31 Å². The van der Waals surface area contributed by atoms with E-state index in [1.54, 1.807) is 0 Å². The van der Waals surface area contributed by atoms with E-state index in [1.807, 2.05) is 0 Å². The van der Waals surface area contributed by atoms with Crippen LogP contribution in [-0.2, 0) is 13.4 Å². The molecule has 0 aliphatic rings. The van der Waals surface area contributed by atoms with E-state index in [2.05, 4.69) is 4.31 Å². The van der Waals surface area contributed by atoms with Crippen molar-refractivity contribution in [3.8, 4) is 0 Å². The van der Waals surface area contributed by atoms with Crippen LogP contribution in [0.4, 0.5) is 0 Å². The van der Waals surface area contributed by atoms with E-state index in [9.17, 15) is 18.9 Å². The minimum absolute atomic E-state index is 0. The first-order chi connectivity index (χ1) is 5.69. The van der Waals surface area contributed by atoms with Crippen molar-refractivity contribution in [1.29, 1.82) is 0 Å². The third-order valence-corrected chi connectivity index (χ3v) is 2.04. The summed E-state index contributed by atoms with van der Waals surface area (Å²) in [5.74, 6) is 0. The molecule has 0 radical (unpaired) electrons. The minimum atomic E-state index is -3.51. The van der Waals surface area contributed by atoms with Crippen molar-refractivity contribution in [2.75, 3.05) is 6.61 Å². The molecule has 0 saturated heterocycles. The number of rotatable bonds is 2. The van der Waals surface area contributed by atoms with Crippen molar-refractivity contribution in [3.63, 3.8) is 0 Å². The molecule has 12 heteroatoms. The fraction of sp³-hybridized carbons (Fsp3) is 1.00. The van der Waals surface area contributed by atoms with Crippen LogP contribution in [0.1, 0.15) is 0 Å². The van der Waals surface area contributed by atoms with Gasteiger partial charge in [0.1, 0.15) is 16.5 Å². The van der Waals surface area contributed by atoms with E-state index in [0.717, 1.165) is 0 Å². The van der Waals surface area contributed by atoms with Gasteiger partial charge in [-0.05, 0) is 0 Å². The quantitative estimate of drug-likeness (QED) is 0.413. The Morgan fingerprint density at radius 3 is 1.43 bits per heavy atom. The van der Waals surface area contributed by atoms with Crippen LogP contribution in [0, 0.1) is 0 Å². The van der Waals surface area contributed by atoms with Crippen molar-refractivity contribution in [3.05, 3.63) is 0 Å². The van der Waals surface area contributed by atoms with Gasteiger partial charge in [-0.2, -0.15) is 0 Å². The molecule has 2 unspecified atom stereocenters. The number of aliphatic hydroxyl groups is 1. The topological polar surface area (TPSA) is 110 Å². The predicted molar refractivity (Wildman–Crippen MR) is 52.2 cm³/mol. The molecule has 0 aromatic heterocycles. The van der Waals surface area contributed by atoms with Gasteiger partial charge < -0.3 is 24.0 Å². The van der Waals surface area contributed by atoms with Crippen molar-refractivity contribution in [2.24, 2.45) is 0 Å². The summed E-state index contributed by atoms with van der Waals surface area (Å²) in [4.78, 5) is 18.6. The summed E-state index contributed by atoms with van der Waals surface area (Å²) in [5.41, 5.74) is 0. The minimum Gasteiger partial charge on any atom is -0.781 e. The summed E-state index contributed by atoms with van der Waals surface area (Å²) in [6.07, 6.45) is 0. The first kappa shape index (κ1) is 21.7. The molecule has 0 fully saturated rings. The van der Waals surface area contributed by atoms with E-state index < -0.39 is 26.9 Å². The van der Waals surface area contributed by atoms with Gasteiger partial charge in [0, 0.05) is 0 Å². The van der Waals surface area contributed by atoms with Crippen LogP contribution in [-0.4, -0.2) is 53.2 Å². The average Bonchev–Trinajstić information content (AvgIpc) is 1.84. The fourth-order valence-electron chi connectivity index (χ4n) is 0.0680. The zero-order valence-electron chi connectivity index (χ0n) is 6.54. The molecule has 0 bridgehead atoms. The molecule has 0 spiro atoms. The summed E-state index contributed by atoms with van der Waals surface area (Å²) in [5, 5.41) is 8.01. The van der Waals surface area contributed by atoms with Gasteiger partial charge in [-0.25, -0.2) is 0 Å². The first-order valence-corrected chi connectivity index (χ1v) is 6.04. The van der Waals surface area contributed by atoms with Crippen molar-refractivity contribution in [1.82, 2.24) is 0 Å². The van der Waals surface area contributed by atoms with Gasteiger partial charge in [-0.1, -0.05) is 34.8 Å². The number of hydrogen-bond donors (Lipinski definition) is 1. The number of hydrogen-bond acceptors (Lipinski definition) is 6. The Hall–Kier alpha value is 2.43.